The number of benzene rings is 1. The average Bonchev–Trinajstić information content (AvgIpc) is 3.16. The molecule has 8 nitrogen and oxygen atoms in total. The van der Waals surface area contributed by atoms with Crippen molar-refractivity contribution in [2.75, 3.05) is 46.3 Å². The number of piperazine rings is 1. The van der Waals surface area contributed by atoms with Crippen molar-refractivity contribution in [2.24, 2.45) is 5.73 Å². The number of carbonyl (C=O) groups is 1. The minimum atomic E-state index is -0.510. The van der Waals surface area contributed by atoms with Gasteiger partial charge in [-0.1, -0.05) is 6.07 Å². The van der Waals surface area contributed by atoms with Crippen molar-refractivity contribution < 1.29 is 4.79 Å². The second kappa shape index (κ2) is 7.92. The number of amides is 1. The van der Waals surface area contributed by atoms with E-state index in [0.29, 0.717) is 12.5 Å². The topological polar surface area (TPSA) is 94.4 Å². The molecule has 0 bridgehead atoms. The summed E-state index contributed by atoms with van der Waals surface area (Å²) in [7, 11) is 2.19. The Bertz CT molecular complexity index is 775. The lowest BCUT2D eigenvalue weighted by molar-refractivity contribution is -0.134. The fourth-order valence-corrected chi connectivity index (χ4v) is 4.26. The number of aromatic amines is 1. The number of nitrogens with two attached hydrogens (primary N) is 1. The molecule has 3 N–H and O–H groups in total. The number of H-pyrrole nitrogens is 1. The summed E-state index contributed by atoms with van der Waals surface area (Å²) in [5.41, 5.74) is 8.88. The van der Waals surface area contributed by atoms with E-state index >= 15 is 0 Å². The second-order valence-electron chi connectivity index (χ2n) is 7.85. The Kier molecular flexibility index (Phi) is 5.38. The number of rotatable bonds is 4. The molecule has 146 valence electrons. The highest BCUT2D eigenvalue weighted by atomic mass is 16.2. The predicted molar refractivity (Wildman–Crippen MR) is 104 cm³/mol. The highest BCUT2D eigenvalue weighted by Gasteiger charge is 2.29. The van der Waals surface area contributed by atoms with E-state index in [2.05, 4.69) is 32.3 Å². The lowest BCUT2D eigenvalue weighted by Gasteiger charge is -2.42. The Morgan fingerprint density at radius 2 is 1.85 bits per heavy atom. The highest BCUT2D eigenvalue weighted by Crippen LogP contribution is 2.18. The van der Waals surface area contributed by atoms with Crippen molar-refractivity contribution in [3.63, 3.8) is 0 Å². The van der Waals surface area contributed by atoms with Crippen LogP contribution in [0.3, 0.4) is 0 Å². The zero-order valence-corrected chi connectivity index (χ0v) is 16.0. The summed E-state index contributed by atoms with van der Waals surface area (Å²) in [5.74, 6) is 0.0540. The van der Waals surface area contributed by atoms with Gasteiger partial charge in [-0.2, -0.15) is 15.4 Å². The van der Waals surface area contributed by atoms with Crippen LogP contribution in [0.15, 0.2) is 18.2 Å². The molecule has 1 unspecified atom stereocenters. The quantitative estimate of drug-likeness (QED) is 0.790. The molecule has 0 aliphatic carbocycles. The van der Waals surface area contributed by atoms with E-state index in [1.165, 1.54) is 25.9 Å². The van der Waals surface area contributed by atoms with E-state index in [1.54, 1.807) is 0 Å². The number of hydrogen-bond acceptors (Lipinski definition) is 6. The molecule has 2 saturated heterocycles. The van der Waals surface area contributed by atoms with E-state index < -0.39 is 6.04 Å². The van der Waals surface area contributed by atoms with Gasteiger partial charge in [0.1, 0.15) is 11.0 Å². The zero-order valence-electron chi connectivity index (χ0n) is 16.0. The van der Waals surface area contributed by atoms with Gasteiger partial charge in [-0.25, -0.2) is 0 Å². The summed E-state index contributed by atoms with van der Waals surface area (Å²) >= 11 is 0. The van der Waals surface area contributed by atoms with Gasteiger partial charge in [-0.05, 0) is 57.1 Å². The number of piperidine rings is 1. The minimum absolute atomic E-state index is 0.0540. The number of fused-ring (bicyclic) bond motifs is 1. The maximum Gasteiger partial charge on any atom is 0.239 e. The van der Waals surface area contributed by atoms with E-state index in [0.717, 1.165) is 42.8 Å². The van der Waals surface area contributed by atoms with Crippen molar-refractivity contribution in [1.82, 2.24) is 30.1 Å². The van der Waals surface area contributed by atoms with Crippen LogP contribution in [-0.2, 0) is 11.2 Å². The van der Waals surface area contributed by atoms with Crippen molar-refractivity contribution in [3.05, 3.63) is 23.8 Å². The highest BCUT2D eigenvalue weighted by molar-refractivity contribution is 5.82. The molecule has 3 heterocycles. The third kappa shape index (κ3) is 4.12. The number of aromatic nitrogens is 3. The molecule has 0 radical (unpaired) electrons. The Balaban J connectivity index is 1.29. The Labute approximate surface area is 159 Å². The van der Waals surface area contributed by atoms with Crippen LogP contribution in [-0.4, -0.2) is 94.4 Å². The lowest BCUT2D eigenvalue weighted by atomic mass is 10.0. The van der Waals surface area contributed by atoms with Crippen LogP contribution in [0.2, 0.25) is 0 Å². The van der Waals surface area contributed by atoms with Gasteiger partial charge < -0.3 is 15.5 Å². The summed E-state index contributed by atoms with van der Waals surface area (Å²) in [4.78, 5) is 19.7. The maximum atomic E-state index is 12.8. The Morgan fingerprint density at radius 1 is 1.15 bits per heavy atom. The van der Waals surface area contributed by atoms with Crippen LogP contribution in [0.4, 0.5) is 0 Å². The number of carbonyl (C=O) groups excluding carboxylic acids is 1. The second-order valence-corrected chi connectivity index (χ2v) is 7.85. The van der Waals surface area contributed by atoms with Crippen LogP contribution in [0, 0.1) is 0 Å². The molecule has 1 aromatic heterocycles. The Morgan fingerprint density at radius 3 is 2.59 bits per heavy atom. The number of hydrogen-bond donors (Lipinski definition) is 2. The predicted octanol–water partition coefficient (Wildman–Crippen LogP) is 0.0661. The van der Waals surface area contributed by atoms with Gasteiger partial charge in [0.15, 0.2) is 0 Å². The maximum absolute atomic E-state index is 12.8. The first-order valence-electron chi connectivity index (χ1n) is 9.86. The minimum Gasteiger partial charge on any atom is -0.339 e. The molecule has 27 heavy (non-hydrogen) atoms. The van der Waals surface area contributed by atoms with Gasteiger partial charge in [0.2, 0.25) is 5.91 Å². The zero-order chi connectivity index (χ0) is 18.8. The van der Waals surface area contributed by atoms with Crippen LogP contribution in [0.25, 0.3) is 11.0 Å². The third-order valence-corrected chi connectivity index (χ3v) is 5.98. The van der Waals surface area contributed by atoms with Gasteiger partial charge in [-0.15, -0.1) is 0 Å². The van der Waals surface area contributed by atoms with Gasteiger partial charge >= 0.3 is 0 Å². The van der Waals surface area contributed by atoms with Gasteiger partial charge in [0.25, 0.3) is 0 Å². The monoisotopic (exact) mass is 371 g/mol. The number of nitrogens with zero attached hydrogens (tertiary/aromatic N) is 5. The SMILES string of the molecule is CN1CCC(N2CCN(C(=O)C(N)Cc3ccc4n[nH]nc4c3)CC2)CC1. The summed E-state index contributed by atoms with van der Waals surface area (Å²) in [6, 6.07) is 5.98. The Hall–Kier alpha value is -2.03. The fourth-order valence-electron chi connectivity index (χ4n) is 4.26. The normalized spacial score (nSPS) is 21.6. The molecule has 1 aromatic carbocycles. The van der Waals surface area contributed by atoms with Crippen LogP contribution >= 0.6 is 0 Å². The molecule has 8 heteroatoms. The first-order valence-corrected chi connectivity index (χ1v) is 9.86. The van der Waals surface area contributed by atoms with E-state index in [-0.39, 0.29) is 5.91 Å². The van der Waals surface area contributed by atoms with Crippen LogP contribution in [0.1, 0.15) is 18.4 Å². The van der Waals surface area contributed by atoms with Crippen molar-refractivity contribution in [1.29, 1.82) is 0 Å². The summed E-state index contributed by atoms with van der Waals surface area (Å²) in [5, 5.41) is 10.8. The molecular formula is C19H29N7O. The number of likely N-dealkylation sites (tertiary alicyclic amines) is 1. The first kappa shape index (κ1) is 18.3. The number of nitrogens with one attached hydrogen (secondary N) is 1. The summed E-state index contributed by atoms with van der Waals surface area (Å²) in [6.07, 6.45) is 2.99. The lowest BCUT2D eigenvalue weighted by Crippen LogP contribution is -2.56. The average molecular weight is 371 g/mol. The molecule has 2 fully saturated rings. The molecule has 4 rings (SSSR count). The molecule has 2 aromatic rings. The van der Waals surface area contributed by atoms with Gasteiger partial charge in [-0.3, -0.25) is 9.69 Å². The van der Waals surface area contributed by atoms with Gasteiger partial charge in [0, 0.05) is 32.2 Å². The first-order chi connectivity index (χ1) is 13.1. The van der Waals surface area contributed by atoms with E-state index in [9.17, 15) is 4.79 Å². The van der Waals surface area contributed by atoms with Crippen LogP contribution in [0.5, 0.6) is 0 Å². The summed E-state index contributed by atoms with van der Waals surface area (Å²) in [6.45, 7) is 5.81. The molecule has 0 spiro atoms. The molecule has 0 saturated carbocycles. The molecular weight excluding hydrogens is 342 g/mol. The smallest absolute Gasteiger partial charge is 0.239 e. The largest absolute Gasteiger partial charge is 0.339 e. The van der Waals surface area contributed by atoms with E-state index in [1.807, 2.05) is 23.1 Å². The third-order valence-electron chi connectivity index (χ3n) is 5.98. The van der Waals surface area contributed by atoms with Crippen molar-refractivity contribution in [2.45, 2.75) is 31.3 Å². The van der Waals surface area contributed by atoms with Crippen LogP contribution < -0.4 is 5.73 Å². The standard InChI is InChI=1S/C19H29N7O/c1-24-6-4-15(5-7-24)25-8-10-26(11-9-25)19(27)16(20)12-14-2-3-17-18(13-14)22-23-21-17/h2-3,13,15-16H,4-12,20H2,1H3,(H,21,22,23). The molecule has 1 amide bonds. The van der Waals surface area contributed by atoms with Crippen molar-refractivity contribution in [3.8, 4) is 0 Å². The molecule has 2 aliphatic heterocycles. The summed E-state index contributed by atoms with van der Waals surface area (Å²) < 4.78 is 0. The van der Waals surface area contributed by atoms with E-state index in [4.69, 9.17) is 5.73 Å². The fraction of sp³-hybridized carbons (Fsp3) is 0.632. The van der Waals surface area contributed by atoms with Gasteiger partial charge in [0.05, 0.1) is 6.04 Å². The molecule has 1 atom stereocenters. The van der Waals surface area contributed by atoms with Crippen molar-refractivity contribution >= 4 is 16.9 Å². The molecule has 2 aliphatic rings.